The van der Waals surface area contributed by atoms with Gasteiger partial charge in [0, 0.05) is 56.1 Å². The molecular formula is C24H29ClN6O4. The predicted octanol–water partition coefficient (Wildman–Crippen LogP) is 2.29. The molecule has 2 aliphatic rings. The Bertz CT molecular complexity index is 1060. The summed E-state index contributed by atoms with van der Waals surface area (Å²) < 4.78 is 10.4. The normalized spacial score (nSPS) is 18.6. The molecule has 2 aromatic rings. The number of methoxy groups -OCH3 is 1. The second kappa shape index (κ2) is 12.0. The minimum absolute atomic E-state index is 0.0210. The molecule has 10 nitrogen and oxygen atoms in total. The van der Waals surface area contributed by atoms with Gasteiger partial charge in [0.15, 0.2) is 0 Å². The van der Waals surface area contributed by atoms with Crippen LogP contribution in [0.2, 0.25) is 5.02 Å². The van der Waals surface area contributed by atoms with E-state index in [1.807, 2.05) is 6.08 Å². The maximum atomic E-state index is 12.9. The topological polar surface area (TPSA) is 109 Å². The highest BCUT2D eigenvalue weighted by atomic mass is 35.5. The number of ether oxygens (including phenoxy) is 2. The van der Waals surface area contributed by atoms with Gasteiger partial charge in [-0.25, -0.2) is 4.98 Å². The molecule has 35 heavy (non-hydrogen) atoms. The smallest absolute Gasteiger partial charge is 0.253 e. The summed E-state index contributed by atoms with van der Waals surface area (Å²) in [6, 6.07) is 6.95. The van der Waals surface area contributed by atoms with Gasteiger partial charge in [0.2, 0.25) is 17.7 Å². The van der Waals surface area contributed by atoms with Crippen molar-refractivity contribution in [3.63, 3.8) is 0 Å². The van der Waals surface area contributed by atoms with Crippen LogP contribution in [0.1, 0.15) is 16.8 Å². The molecule has 2 N–H and O–H groups in total. The molecule has 0 spiro atoms. The number of amides is 2. The van der Waals surface area contributed by atoms with Crippen molar-refractivity contribution in [2.24, 2.45) is 0 Å². The number of aromatic nitrogens is 2. The van der Waals surface area contributed by atoms with Crippen LogP contribution in [0.4, 0.5) is 11.6 Å². The Balaban J connectivity index is 1.25. The van der Waals surface area contributed by atoms with Crippen LogP contribution in [0.3, 0.4) is 0 Å². The van der Waals surface area contributed by atoms with E-state index in [9.17, 15) is 9.59 Å². The Morgan fingerprint density at radius 2 is 2.00 bits per heavy atom. The number of morpholine rings is 1. The fraction of sp³-hybridized carbons (Fsp3) is 0.417. The molecule has 2 aliphatic heterocycles. The standard InChI is InChI=1S/C24H29ClN6O4/c1-34-22-20(25)15-26-24(29-22)28-19-8-10-31(16-19)23(33)17-4-6-18(7-5-17)27-21(32)3-2-9-30-11-13-35-14-12-30/h2-7,15,19H,8-14,16H2,1H3,(H,27,32)(H,26,28,29)/b3-2+. The van der Waals surface area contributed by atoms with E-state index in [-0.39, 0.29) is 17.9 Å². The lowest BCUT2D eigenvalue weighted by Crippen LogP contribution is -2.36. The minimum Gasteiger partial charge on any atom is -0.480 e. The number of hydrogen-bond acceptors (Lipinski definition) is 8. The molecule has 186 valence electrons. The monoisotopic (exact) mass is 500 g/mol. The predicted molar refractivity (Wildman–Crippen MR) is 133 cm³/mol. The van der Waals surface area contributed by atoms with Crippen molar-refractivity contribution in [3.05, 3.63) is 53.2 Å². The first-order chi connectivity index (χ1) is 17.0. The van der Waals surface area contributed by atoms with E-state index < -0.39 is 0 Å². The third-order valence-corrected chi connectivity index (χ3v) is 6.11. The highest BCUT2D eigenvalue weighted by Gasteiger charge is 2.27. The van der Waals surface area contributed by atoms with E-state index in [4.69, 9.17) is 21.1 Å². The summed E-state index contributed by atoms with van der Waals surface area (Å²) in [5.41, 5.74) is 1.20. The molecule has 0 aliphatic carbocycles. The van der Waals surface area contributed by atoms with Crippen molar-refractivity contribution >= 4 is 35.1 Å². The second-order valence-corrected chi connectivity index (χ2v) is 8.72. The van der Waals surface area contributed by atoms with Gasteiger partial charge in [0.25, 0.3) is 5.91 Å². The highest BCUT2D eigenvalue weighted by Crippen LogP contribution is 2.23. The van der Waals surface area contributed by atoms with E-state index >= 15 is 0 Å². The average molecular weight is 501 g/mol. The number of likely N-dealkylation sites (tertiary alicyclic amines) is 1. The zero-order valence-electron chi connectivity index (χ0n) is 19.6. The van der Waals surface area contributed by atoms with E-state index in [0.29, 0.717) is 47.7 Å². The molecule has 11 heteroatoms. The number of hydrogen-bond donors (Lipinski definition) is 2. The molecule has 2 amide bonds. The third-order valence-electron chi connectivity index (χ3n) is 5.85. The fourth-order valence-corrected chi connectivity index (χ4v) is 4.13. The minimum atomic E-state index is -0.202. The maximum Gasteiger partial charge on any atom is 0.253 e. The van der Waals surface area contributed by atoms with Crippen LogP contribution in [0, 0.1) is 0 Å². The van der Waals surface area contributed by atoms with Gasteiger partial charge < -0.3 is 25.0 Å². The maximum absolute atomic E-state index is 12.9. The molecule has 2 saturated heterocycles. The van der Waals surface area contributed by atoms with Crippen LogP contribution in [0.25, 0.3) is 0 Å². The molecular weight excluding hydrogens is 472 g/mol. The number of anilines is 2. The summed E-state index contributed by atoms with van der Waals surface area (Å²) in [6.07, 6.45) is 5.63. The quantitative estimate of drug-likeness (QED) is 0.531. The van der Waals surface area contributed by atoms with Gasteiger partial charge in [-0.3, -0.25) is 14.5 Å². The van der Waals surface area contributed by atoms with Crippen LogP contribution < -0.4 is 15.4 Å². The molecule has 1 atom stereocenters. The average Bonchev–Trinajstić information content (AvgIpc) is 3.34. The lowest BCUT2D eigenvalue weighted by Gasteiger charge is -2.25. The summed E-state index contributed by atoms with van der Waals surface area (Å²) in [6.45, 7) is 5.07. The van der Waals surface area contributed by atoms with Gasteiger partial charge in [-0.2, -0.15) is 4.98 Å². The third kappa shape index (κ3) is 6.91. The Labute approximate surface area is 209 Å². The lowest BCUT2D eigenvalue weighted by atomic mass is 10.2. The zero-order chi connectivity index (χ0) is 24.6. The van der Waals surface area contributed by atoms with Gasteiger partial charge in [-0.1, -0.05) is 17.7 Å². The van der Waals surface area contributed by atoms with Crippen molar-refractivity contribution in [2.45, 2.75) is 12.5 Å². The largest absolute Gasteiger partial charge is 0.480 e. The van der Waals surface area contributed by atoms with Gasteiger partial charge in [-0.15, -0.1) is 0 Å². The first-order valence-electron chi connectivity index (χ1n) is 11.5. The molecule has 1 aromatic carbocycles. The molecule has 4 rings (SSSR count). The van der Waals surface area contributed by atoms with Gasteiger partial charge in [0.05, 0.1) is 26.5 Å². The summed E-state index contributed by atoms with van der Waals surface area (Å²) in [5.74, 6) is 0.443. The summed E-state index contributed by atoms with van der Waals surface area (Å²) in [4.78, 5) is 37.5. The van der Waals surface area contributed by atoms with Crippen LogP contribution in [0.15, 0.2) is 42.6 Å². The van der Waals surface area contributed by atoms with Crippen molar-refractivity contribution in [2.75, 3.05) is 63.7 Å². The number of nitrogens with zero attached hydrogens (tertiary/aromatic N) is 4. The van der Waals surface area contributed by atoms with Crippen LogP contribution in [-0.2, 0) is 9.53 Å². The molecule has 0 saturated carbocycles. The number of halogens is 1. The Morgan fingerprint density at radius 3 is 2.74 bits per heavy atom. The van der Waals surface area contributed by atoms with Gasteiger partial charge >= 0.3 is 0 Å². The van der Waals surface area contributed by atoms with Crippen molar-refractivity contribution in [1.29, 1.82) is 0 Å². The summed E-state index contributed by atoms with van der Waals surface area (Å²) in [5, 5.41) is 6.39. The number of benzene rings is 1. The van der Waals surface area contributed by atoms with Crippen molar-refractivity contribution in [3.8, 4) is 5.88 Å². The van der Waals surface area contributed by atoms with E-state index in [0.717, 1.165) is 32.7 Å². The first kappa shape index (κ1) is 24.9. The van der Waals surface area contributed by atoms with Crippen LogP contribution >= 0.6 is 11.6 Å². The highest BCUT2D eigenvalue weighted by molar-refractivity contribution is 6.31. The molecule has 3 heterocycles. The number of carbonyl (C=O) groups is 2. The lowest BCUT2D eigenvalue weighted by molar-refractivity contribution is -0.111. The van der Waals surface area contributed by atoms with Crippen LogP contribution in [-0.4, -0.2) is 90.7 Å². The summed E-state index contributed by atoms with van der Waals surface area (Å²) in [7, 11) is 1.49. The number of nitrogens with one attached hydrogen (secondary N) is 2. The second-order valence-electron chi connectivity index (χ2n) is 8.31. The molecule has 0 radical (unpaired) electrons. The van der Waals surface area contributed by atoms with Crippen molar-refractivity contribution in [1.82, 2.24) is 19.8 Å². The SMILES string of the molecule is COc1nc(NC2CCN(C(=O)c3ccc(NC(=O)/C=C/CN4CCOCC4)cc3)C2)ncc1Cl. The Kier molecular flexibility index (Phi) is 8.51. The fourth-order valence-electron chi connectivity index (χ4n) is 3.96. The zero-order valence-corrected chi connectivity index (χ0v) is 20.3. The molecule has 0 bridgehead atoms. The number of carbonyl (C=O) groups excluding carboxylic acids is 2. The van der Waals surface area contributed by atoms with Crippen LogP contribution in [0.5, 0.6) is 5.88 Å². The molecule has 1 aromatic heterocycles. The summed E-state index contributed by atoms with van der Waals surface area (Å²) >= 11 is 5.97. The van der Waals surface area contributed by atoms with Gasteiger partial charge in [0.1, 0.15) is 5.02 Å². The molecule has 2 fully saturated rings. The van der Waals surface area contributed by atoms with Gasteiger partial charge in [-0.05, 0) is 30.7 Å². The Hall–Kier alpha value is -3.21. The first-order valence-corrected chi connectivity index (χ1v) is 11.9. The molecule has 1 unspecified atom stereocenters. The van der Waals surface area contributed by atoms with E-state index in [1.54, 1.807) is 29.2 Å². The number of rotatable bonds is 8. The van der Waals surface area contributed by atoms with E-state index in [2.05, 4.69) is 25.5 Å². The Morgan fingerprint density at radius 1 is 1.23 bits per heavy atom. The van der Waals surface area contributed by atoms with Crippen molar-refractivity contribution < 1.29 is 19.1 Å². The van der Waals surface area contributed by atoms with E-state index in [1.165, 1.54) is 19.4 Å².